The summed E-state index contributed by atoms with van der Waals surface area (Å²) in [7, 11) is 0. The highest BCUT2D eigenvalue weighted by Gasteiger charge is 2.20. The number of esters is 1. The molecule has 0 saturated carbocycles. The molecule has 0 fully saturated rings. The van der Waals surface area contributed by atoms with Gasteiger partial charge in [-0.3, -0.25) is 9.59 Å². The highest BCUT2D eigenvalue weighted by atomic mass is 16.5. The molecule has 440 valence electrons. The van der Waals surface area contributed by atoms with Gasteiger partial charge in [0.1, 0.15) is 0 Å². The van der Waals surface area contributed by atoms with E-state index >= 15 is 0 Å². The van der Waals surface area contributed by atoms with E-state index in [-0.39, 0.29) is 18.5 Å². The monoisotopic (exact) mass is 1040 g/mol. The largest absolute Gasteiger partial charge is 0.466 e. The molecule has 74 heavy (non-hydrogen) atoms. The second-order valence-corrected chi connectivity index (χ2v) is 23.5. The van der Waals surface area contributed by atoms with E-state index in [1.165, 1.54) is 308 Å². The summed E-state index contributed by atoms with van der Waals surface area (Å²) >= 11 is 0. The second-order valence-electron chi connectivity index (χ2n) is 23.5. The molecule has 0 rings (SSSR count). The Morgan fingerprint density at radius 1 is 0.365 bits per heavy atom. The van der Waals surface area contributed by atoms with Crippen LogP contribution in [0, 0.1) is 0 Å². The molecule has 6 nitrogen and oxygen atoms in total. The van der Waals surface area contributed by atoms with Crippen LogP contribution in [-0.2, 0) is 14.3 Å². The summed E-state index contributed by atoms with van der Waals surface area (Å²) in [6.07, 6.45) is 78.2. The summed E-state index contributed by atoms with van der Waals surface area (Å²) in [5.41, 5.74) is 0. The Balaban J connectivity index is 3.33. The topological polar surface area (TPSA) is 95.9 Å². The molecule has 0 aliphatic rings. The first-order valence-corrected chi connectivity index (χ1v) is 33.9. The molecule has 0 heterocycles. The highest BCUT2D eigenvalue weighted by molar-refractivity contribution is 5.76. The molecule has 0 radical (unpaired) electrons. The number of aliphatic hydroxyl groups excluding tert-OH is 2. The first kappa shape index (κ1) is 72.6. The van der Waals surface area contributed by atoms with Crippen molar-refractivity contribution in [2.45, 2.75) is 398 Å². The van der Waals surface area contributed by atoms with Gasteiger partial charge < -0.3 is 20.3 Å². The van der Waals surface area contributed by atoms with Crippen LogP contribution in [0.3, 0.4) is 0 Å². The van der Waals surface area contributed by atoms with Crippen molar-refractivity contribution in [1.29, 1.82) is 0 Å². The van der Waals surface area contributed by atoms with Crippen LogP contribution >= 0.6 is 0 Å². The van der Waals surface area contributed by atoms with Gasteiger partial charge in [-0.2, -0.15) is 0 Å². The van der Waals surface area contributed by atoms with Crippen LogP contribution in [0.25, 0.3) is 0 Å². The smallest absolute Gasteiger partial charge is 0.305 e. The molecule has 0 bridgehead atoms. The fourth-order valence-electron chi connectivity index (χ4n) is 10.9. The summed E-state index contributed by atoms with van der Waals surface area (Å²) in [6, 6.07) is -0.539. The lowest BCUT2D eigenvalue weighted by Crippen LogP contribution is -2.45. The van der Waals surface area contributed by atoms with E-state index in [2.05, 4.69) is 31.3 Å². The summed E-state index contributed by atoms with van der Waals surface area (Å²) in [4.78, 5) is 24.6. The zero-order chi connectivity index (χ0) is 53.6. The Kier molecular flexibility index (Phi) is 62.9. The SMILES string of the molecule is CCCCCCCCC/C=C\CCCCCCCCCC(=O)OCCCCCCCCCCCCCCCCCCCCCCCCCCCC(=O)NC(CO)C(O)CCCCCCCCCCCCCCCC. The van der Waals surface area contributed by atoms with Gasteiger partial charge in [0.2, 0.25) is 5.91 Å². The van der Waals surface area contributed by atoms with Gasteiger partial charge in [-0.15, -0.1) is 0 Å². The fraction of sp³-hybridized carbons (Fsp3) is 0.941. The number of hydrogen-bond donors (Lipinski definition) is 3. The summed E-state index contributed by atoms with van der Waals surface area (Å²) in [5, 5.41) is 23.3. The molecule has 0 aromatic carbocycles. The summed E-state index contributed by atoms with van der Waals surface area (Å²) < 4.78 is 5.50. The third-order valence-electron chi connectivity index (χ3n) is 16.1. The van der Waals surface area contributed by atoms with Crippen molar-refractivity contribution in [3.05, 3.63) is 12.2 Å². The van der Waals surface area contributed by atoms with E-state index in [9.17, 15) is 19.8 Å². The third kappa shape index (κ3) is 59.8. The zero-order valence-corrected chi connectivity index (χ0v) is 50.4. The molecular formula is C68H133NO5. The van der Waals surface area contributed by atoms with Gasteiger partial charge in [-0.1, -0.05) is 334 Å². The number of amides is 1. The Labute approximate surface area is 463 Å². The van der Waals surface area contributed by atoms with Crippen LogP contribution < -0.4 is 5.32 Å². The van der Waals surface area contributed by atoms with Gasteiger partial charge >= 0.3 is 5.97 Å². The molecule has 0 aromatic rings. The fourth-order valence-corrected chi connectivity index (χ4v) is 10.9. The van der Waals surface area contributed by atoms with E-state index in [1.54, 1.807) is 0 Å². The first-order valence-electron chi connectivity index (χ1n) is 33.9. The zero-order valence-electron chi connectivity index (χ0n) is 50.4. The number of aliphatic hydroxyl groups is 2. The molecule has 2 unspecified atom stereocenters. The number of ether oxygens (including phenoxy) is 1. The average Bonchev–Trinajstić information content (AvgIpc) is 3.40. The van der Waals surface area contributed by atoms with Gasteiger partial charge in [0.25, 0.3) is 0 Å². The van der Waals surface area contributed by atoms with Crippen LogP contribution in [0.2, 0.25) is 0 Å². The van der Waals surface area contributed by atoms with Crippen molar-refractivity contribution in [1.82, 2.24) is 5.32 Å². The molecule has 0 aliphatic heterocycles. The number of nitrogens with one attached hydrogen (secondary N) is 1. The summed E-state index contributed by atoms with van der Waals surface area (Å²) in [5.74, 6) is -0.0162. The van der Waals surface area contributed by atoms with Gasteiger partial charge in [-0.05, 0) is 51.4 Å². The molecule has 1 amide bonds. The predicted molar refractivity (Wildman–Crippen MR) is 324 cm³/mol. The van der Waals surface area contributed by atoms with Crippen molar-refractivity contribution < 1.29 is 24.5 Å². The van der Waals surface area contributed by atoms with Gasteiger partial charge in [0, 0.05) is 12.8 Å². The molecule has 0 saturated heterocycles. The average molecular weight is 1040 g/mol. The maximum atomic E-state index is 12.5. The minimum absolute atomic E-state index is 0.0144. The quantitative estimate of drug-likeness (QED) is 0.0320. The molecular weight excluding hydrogens is 911 g/mol. The standard InChI is InChI=1S/C68H133NO5/c1-3-5-7-9-11-13-15-17-19-20-31-34-38-42-46-50-54-58-62-68(73)74-63-59-55-51-47-43-39-35-32-29-27-25-23-21-22-24-26-28-30-33-37-41-45-49-53-57-61-67(72)69-65(64-70)66(71)60-56-52-48-44-40-36-18-16-14-12-10-8-6-4-2/h19-20,65-66,70-71H,3-18,21-64H2,1-2H3,(H,69,72)/b20-19-. The van der Waals surface area contributed by atoms with E-state index in [0.717, 1.165) is 44.9 Å². The lowest BCUT2D eigenvalue weighted by Gasteiger charge is -2.22. The Morgan fingerprint density at radius 2 is 0.635 bits per heavy atom. The normalized spacial score (nSPS) is 12.5. The summed E-state index contributed by atoms with van der Waals surface area (Å²) in [6.45, 7) is 4.98. The van der Waals surface area contributed by atoms with Crippen LogP contribution in [0.4, 0.5) is 0 Å². The number of hydrogen-bond acceptors (Lipinski definition) is 5. The van der Waals surface area contributed by atoms with Crippen LogP contribution in [0.15, 0.2) is 12.2 Å². The number of carbonyl (C=O) groups is 2. The minimum Gasteiger partial charge on any atom is -0.466 e. The lowest BCUT2D eigenvalue weighted by atomic mass is 10.0. The van der Waals surface area contributed by atoms with E-state index in [0.29, 0.717) is 25.9 Å². The Bertz CT molecular complexity index is 1110. The van der Waals surface area contributed by atoms with E-state index in [1.807, 2.05) is 0 Å². The maximum Gasteiger partial charge on any atom is 0.305 e. The number of rotatable bonds is 64. The van der Waals surface area contributed by atoms with E-state index < -0.39 is 12.1 Å². The number of allylic oxidation sites excluding steroid dienone is 2. The third-order valence-corrected chi connectivity index (χ3v) is 16.1. The van der Waals surface area contributed by atoms with Crippen molar-refractivity contribution in [2.24, 2.45) is 0 Å². The maximum absolute atomic E-state index is 12.5. The lowest BCUT2D eigenvalue weighted by molar-refractivity contribution is -0.143. The first-order chi connectivity index (χ1) is 36.5. The number of carbonyl (C=O) groups excluding carboxylic acids is 2. The molecule has 0 spiro atoms. The van der Waals surface area contributed by atoms with Gasteiger partial charge in [-0.25, -0.2) is 0 Å². The Hall–Kier alpha value is -1.40. The molecule has 0 aromatic heterocycles. The van der Waals surface area contributed by atoms with Crippen LogP contribution in [0.1, 0.15) is 386 Å². The molecule has 3 N–H and O–H groups in total. The Morgan fingerprint density at radius 3 is 0.959 bits per heavy atom. The van der Waals surface area contributed by atoms with Crippen molar-refractivity contribution in [3.63, 3.8) is 0 Å². The van der Waals surface area contributed by atoms with E-state index in [4.69, 9.17) is 4.74 Å². The van der Waals surface area contributed by atoms with Crippen molar-refractivity contribution >= 4 is 11.9 Å². The van der Waals surface area contributed by atoms with Crippen LogP contribution in [0.5, 0.6) is 0 Å². The predicted octanol–water partition coefficient (Wildman–Crippen LogP) is 21.6. The molecule has 0 aliphatic carbocycles. The molecule has 6 heteroatoms. The van der Waals surface area contributed by atoms with Gasteiger partial charge in [0.05, 0.1) is 25.4 Å². The highest BCUT2D eigenvalue weighted by Crippen LogP contribution is 2.19. The number of unbranched alkanes of at least 4 members (excludes halogenated alkanes) is 51. The van der Waals surface area contributed by atoms with Crippen molar-refractivity contribution in [3.8, 4) is 0 Å². The van der Waals surface area contributed by atoms with Crippen LogP contribution in [-0.4, -0.2) is 47.4 Å². The molecule has 2 atom stereocenters. The second kappa shape index (κ2) is 64.1. The minimum atomic E-state index is -0.662. The van der Waals surface area contributed by atoms with Crippen molar-refractivity contribution in [2.75, 3.05) is 13.2 Å². The van der Waals surface area contributed by atoms with Gasteiger partial charge in [0.15, 0.2) is 0 Å².